The number of tetrazole rings is 1. The maximum atomic E-state index is 12.6. The Morgan fingerprint density at radius 3 is 3.09 bits per heavy atom. The molecule has 2 aromatic rings. The molecular weight excluding hydrogens is 294 g/mol. The predicted molar refractivity (Wildman–Crippen MR) is 83.1 cm³/mol. The molecule has 1 aromatic heterocycles. The van der Waals surface area contributed by atoms with Gasteiger partial charge in [0.15, 0.2) is 5.78 Å². The van der Waals surface area contributed by atoms with Crippen molar-refractivity contribution in [3.8, 4) is 5.75 Å². The lowest BCUT2D eigenvalue weighted by Gasteiger charge is -2.32. The maximum absolute atomic E-state index is 12.6. The van der Waals surface area contributed by atoms with E-state index in [4.69, 9.17) is 4.74 Å². The van der Waals surface area contributed by atoms with Crippen molar-refractivity contribution in [2.75, 3.05) is 11.9 Å². The normalized spacial score (nSPS) is 19.9. The minimum atomic E-state index is -0.341. The van der Waals surface area contributed by atoms with Crippen molar-refractivity contribution in [3.63, 3.8) is 0 Å². The van der Waals surface area contributed by atoms with Crippen LogP contribution in [0.4, 0.5) is 5.95 Å². The molecule has 2 aliphatic rings. The van der Waals surface area contributed by atoms with Gasteiger partial charge in [0, 0.05) is 23.3 Å². The summed E-state index contributed by atoms with van der Waals surface area (Å²) in [5.41, 5.74) is 2.59. The Labute approximate surface area is 133 Å². The first-order valence-corrected chi connectivity index (χ1v) is 7.82. The van der Waals surface area contributed by atoms with E-state index in [1.165, 1.54) is 0 Å². The standard InChI is InChI=1S/C16H17N5O2/c1-2-23-13-9-4-3-6-10(13)15-14-11(7-5-8-12(14)22)17-16-18-19-20-21(15)16/h3-4,6,9,15H,2,5,7-8H2,1H3,(H,17,18,20)/t15-/m0/s1. The number of carbonyl (C=O) groups is 1. The summed E-state index contributed by atoms with van der Waals surface area (Å²) < 4.78 is 7.43. The van der Waals surface area contributed by atoms with Gasteiger partial charge in [-0.1, -0.05) is 23.3 Å². The number of hydrogen-bond acceptors (Lipinski definition) is 6. The first-order chi connectivity index (χ1) is 11.3. The molecule has 1 aromatic carbocycles. The number of benzene rings is 1. The average molecular weight is 311 g/mol. The molecule has 1 aliphatic carbocycles. The van der Waals surface area contributed by atoms with E-state index in [-0.39, 0.29) is 11.8 Å². The lowest BCUT2D eigenvalue weighted by Crippen LogP contribution is -2.31. The summed E-state index contributed by atoms with van der Waals surface area (Å²) in [5, 5.41) is 15.1. The molecule has 0 saturated carbocycles. The monoisotopic (exact) mass is 311 g/mol. The Balaban J connectivity index is 1.91. The van der Waals surface area contributed by atoms with E-state index in [2.05, 4.69) is 20.8 Å². The van der Waals surface area contributed by atoms with Crippen LogP contribution < -0.4 is 10.1 Å². The molecule has 4 rings (SSSR count). The highest BCUT2D eigenvalue weighted by Gasteiger charge is 2.37. The van der Waals surface area contributed by atoms with Crippen molar-refractivity contribution >= 4 is 11.7 Å². The van der Waals surface area contributed by atoms with Gasteiger partial charge in [0.1, 0.15) is 11.8 Å². The number of ether oxygens (including phenoxy) is 1. The molecule has 0 radical (unpaired) electrons. The maximum Gasteiger partial charge on any atom is 0.248 e. The van der Waals surface area contributed by atoms with Gasteiger partial charge in [0.25, 0.3) is 0 Å². The summed E-state index contributed by atoms with van der Waals surface area (Å²) in [6.07, 6.45) is 2.25. The summed E-state index contributed by atoms with van der Waals surface area (Å²) >= 11 is 0. The summed E-state index contributed by atoms with van der Waals surface area (Å²) in [7, 11) is 0. The number of fused-ring (bicyclic) bond motifs is 1. The molecule has 118 valence electrons. The lowest BCUT2D eigenvalue weighted by molar-refractivity contribution is -0.116. The number of Topliss-reactive ketones (excluding diaryl/α,β-unsaturated/α-hetero) is 1. The van der Waals surface area contributed by atoms with Crippen LogP contribution in [0.25, 0.3) is 0 Å². The molecule has 1 aliphatic heterocycles. The first-order valence-electron chi connectivity index (χ1n) is 7.82. The van der Waals surface area contributed by atoms with Crippen LogP contribution in [0, 0.1) is 0 Å². The van der Waals surface area contributed by atoms with Gasteiger partial charge in [-0.2, -0.15) is 4.68 Å². The van der Waals surface area contributed by atoms with Crippen LogP contribution in [0.3, 0.4) is 0 Å². The molecule has 2 heterocycles. The summed E-state index contributed by atoms with van der Waals surface area (Å²) in [6.45, 7) is 2.50. The Hall–Kier alpha value is -2.70. The largest absolute Gasteiger partial charge is 0.494 e. The van der Waals surface area contributed by atoms with Crippen molar-refractivity contribution in [2.45, 2.75) is 32.2 Å². The second kappa shape index (κ2) is 5.49. The minimum absolute atomic E-state index is 0.149. The molecule has 0 saturated heterocycles. The van der Waals surface area contributed by atoms with Gasteiger partial charge in [0.05, 0.1) is 6.61 Å². The third-order valence-electron chi connectivity index (χ3n) is 4.24. The van der Waals surface area contributed by atoms with Gasteiger partial charge < -0.3 is 10.1 Å². The molecule has 1 N–H and O–H groups in total. The second-order valence-electron chi connectivity index (χ2n) is 5.61. The fraction of sp³-hybridized carbons (Fsp3) is 0.375. The van der Waals surface area contributed by atoms with E-state index in [0.29, 0.717) is 19.0 Å². The van der Waals surface area contributed by atoms with Crippen LogP contribution in [0.15, 0.2) is 35.5 Å². The van der Waals surface area contributed by atoms with Crippen LogP contribution in [0.1, 0.15) is 37.8 Å². The number of nitrogens with one attached hydrogen (secondary N) is 1. The zero-order chi connectivity index (χ0) is 15.8. The summed E-state index contributed by atoms with van der Waals surface area (Å²) in [4.78, 5) is 12.6. The Kier molecular flexibility index (Phi) is 3.33. The van der Waals surface area contributed by atoms with Crippen LogP contribution in [0.5, 0.6) is 5.75 Å². The third kappa shape index (κ3) is 2.19. The number of para-hydroxylation sites is 1. The molecule has 1 atom stereocenters. The zero-order valence-corrected chi connectivity index (χ0v) is 12.8. The van der Waals surface area contributed by atoms with Crippen molar-refractivity contribution in [1.29, 1.82) is 0 Å². The number of nitrogens with zero attached hydrogens (tertiary/aromatic N) is 4. The van der Waals surface area contributed by atoms with E-state index >= 15 is 0 Å². The Morgan fingerprint density at radius 2 is 2.22 bits per heavy atom. The number of rotatable bonds is 3. The molecule has 7 heteroatoms. The first kappa shape index (κ1) is 13.9. The van der Waals surface area contributed by atoms with E-state index in [1.807, 2.05) is 31.2 Å². The summed E-state index contributed by atoms with van der Waals surface area (Å²) in [6, 6.07) is 7.41. The molecule has 0 spiro atoms. The van der Waals surface area contributed by atoms with Crippen LogP contribution in [0.2, 0.25) is 0 Å². The van der Waals surface area contributed by atoms with Gasteiger partial charge in [-0.25, -0.2) is 0 Å². The number of aromatic nitrogens is 4. The van der Waals surface area contributed by atoms with Crippen LogP contribution in [-0.4, -0.2) is 32.6 Å². The predicted octanol–water partition coefficient (Wildman–Crippen LogP) is 2.09. The van der Waals surface area contributed by atoms with E-state index in [9.17, 15) is 4.79 Å². The van der Waals surface area contributed by atoms with E-state index in [0.717, 1.165) is 35.4 Å². The summed E-state index contributed by atoms with van der Waals surface area (Å²) in [5.74, 6) is 1.47. The van der Waals surface area contributed by atoms with Crippen LogP contribution >= 0.6 is 0 Å². The van der Waals surface area contributed by atoms with E-state index < -0.39 is 0 Å². The van der Waals surface area contributed by atoms with Crippen molar-refractivity contribution in [2.24, 2.45) is 0 Å². The number of hydrogen-bond donors (Lipinski definition) is 1. The SMILES string of the molecule is CCOc1ccccc1[C@H]1C2=C(CCCC2=O)Nc2nnnn21. The van der Waals surface area contributed by atoms with Gasteiger partial charge in [-0.15, -0.1) is 0 Å². The third-order valence-corrected chi connectivity index (χ3v) is 4.24. The average Bonchev–Trinajstić information content (AvgIpc) is 3.02. The fourth-order valence-corrected chi connectivity index (χ4v) is 3.30. The van der Waals surface area contributed by atoms with Crippen molar-refractivity contribution in [3.05, 3.63) is 41.1 Å². The fourth-order valence-electron chi connectivity index (χ4n) is 3.30. The number of allylic oxidation sites excluding steroid dienone is 2. The van der Waals surface area contributed by atoms with Gasteiger partial charge >= 0.3 is 0 Å². The molecule has 0 unspecified atom stereocenters. The highest BCUT2D eigenvalue weighted by Crippen LogP contribution is 2.41. The van der Waals surface area contributed by atoms with Crippen molar-refractivity contribution < 1.29 is 9.53 Å². The molecule has 0 amide bonds. The van der Waals surface area contributed by atoms with Gasteiger partial charge in [0.2, 0.25) is 5.95 Å². The molecule has 7 nitrogen and oxygen atoms in total. The van der Waals surface area contributed by atoms with Gasteiger partial charge in [-0.3, -0.25) is 4.79 Å². The smallest absolute Gasteiger partial charge is 0.248 e. The molecular formula is C16H17N5O2. The Bertz CT molecular complexity index is 795. The number of ketones is 1. The highest BCUT2D eigenvalue weighted by molar-refractivity contribution is 5.99. The Morgan fingerprint density at radius 1 is 1.35 bits per heavy atom. The lowest BCUT2D eigenvalue weighted by atomic mass is 9.85. The van der Waals surface area contributed by atoms with Gasteiger partial charge in [-0.05, 0) is 36.3 Å². The molecule has 0 fully saturated rings. The number of anilines is 1. The zero-order valence-electron chi connectivity index (χ0n) is 12.8. The van der Waals surface area contributed by atoms with E-state index in [1.54, 1.807) is 4.68 Å². The van der Waals surface area contributed by atoms with Crippen molar-refractivity contribution in [1.82, 2.24) is 20.2 Å². The van der Waals surface area contributed by atoms with Crippen LogP contribution in [-0.2, 0) is 4.79 Å². The minimum Gasteiger partial charge on any atom is -0.494 e. The number of carbonyl (C=O) groups excluding carboxylic acids is 1. The highest BCUT2D eigenvalue weighted by atomic mass is 16.5. The molecule has 0 bridgehead atoms. The topological polar surface area (TPSA) is 81.9 Å². The quantitative estimate of drug-likeness (QED) is 0.934. The molecule has 23 heavy (non-hydrogen) atoms. The second-order valence-corrected chi connectivity index (χ2v) is 5.61.